The Labute approximate surface area is 369 Å². The maximum Gasteiger partial charge on any atom is 2.00 e. The molecule has 0 fully saturated rings. The second kappa shape index (κ2) is 60.8. The zero-order chi connectivity index (χ0) is 36.9. The number of rotatable bonds is 42. The Kier molecular flexibility index (Phi) is 73.7. The van der Waals surface area contributed by atoms with E-state index in [0.29, 0.717) is 0 Å². The van der Waals surface area contributed by atoms with E-state index in [0.717, 1.165) is 0 Å². The third kappa shape index (κ3) is 58.5. The van der Waals surface area contributed by atoms with Gasteiger partial charge in [-0.2, -0.15) is 0 Å². The van der Waals surface area contributed by atoms with Gasteiger partial charge in [-0.15, -0.1) is 0 Å². The minimum atomic E-state index is -0.0222. The Hall–Kier alpha value is 2.13. The molecule has 0 N–H and O–H groups in total. The molecule has 0 radical (unpaired) electrons. The average Bonchev–Trinajstić information content (AvgIpc) is 3.13. The fraction of sp³-hybridized carbons (Fsp3) is 1.00. The molecule has 0 bridgehead atoms. The molecule has 0 spiro atoms. The Morgan fingerprint density at radius 3 is 0.434 bits per heavy atom. The van der Waals surface area contributed by atoms with Gasteiger partial charge in [0.15, 0.2) is 0 Å². The standard InChI is InChI=1S/2C24H51P.2ClH.Pt/c2*1-4-7-10-13-16-19-22-25(23-20-17-14-11-8-5-2)24-21-18-15-12-9-6-3;;;/h2*4-24H2,1-3H3;2*1H;/q;;;;+2. The third-order valence-electron chi connectivity index (χ3n) is 11.3. The molecule has 53 heavy (non-hydrogen) atoms. The van der Waals surface area contributed by atoms with Crippen molar-refractivity contribution in [3.05, 3.63) is 0 Å². The van der Waals surface area contributed by atoms with Crippen LogP contribution in [0.25, 0.3) is 0 Å². The first kappa shape index (κ1) is 64.3. The van der Waals surface area contributed by atoms with E-state index >= 15 is 0 Å². The van der Waals surface area contributed by atoms with Crippen LogP contribution in [-0.4, -0.2) is 37.0 Å². The first-order valence-corrected chi connectivity index (χ1v) is 28.6. The molecular formula is C48H104Cl2P2Pt+2. The van der Waals surface area contributed by atoms with Crippen molar-refractivity contribution in [1.29, 1.82) is 0 Å². The largest absolute Gasteiger partial charge is 2.00 e. The average molecular weight is 1010 g/mol. The zero-order valence-electron chi connectivity index (χ0n) is 37.8. The van der Waals surface area contributed by atoms with Crippen molar-refractivity contribution in [2.45, 2.75) is 273 Å². The van der Waals surface area contributed by atoms with Crippen LogP contribution < -0.4 is 24.8 Å². The van der Waals surface area contributed by atoms with Gasteiger partial charge in [0.1, 0.15) is 0 Å². The molecular weight excluding hydrogens is 904 g/mol. The summed E-state index contributed by atoms with van der Waals surface area (Å²) in [6.07, 6.45) is 63.0. The molecule has 0 rings (SSSR count). The summed E-state index contributed by atoms with van der Waals surface area (Å²) in [5.41, 5.74) is 0. The predicted octanol–water partition coefficient (Wildman–Crippen LogP) is 12.6. The van der Waals surface area contributed by atoms with Crippen molar-refractivity contribution in [2.24, 2.45) is 0 Å². The summed E-state index contributed by atoms with van der Waals surface area (Å²) in [5.74, 6) is 0. The third-order valence-corrected chi connectivity index (χ3v) is 17.7. The van der Waals surface area contributed by atoms with Crippen molar-refractivity contribution in [2.75, 3.05) is 37.0 Å². The molecule has 0 aromatic carbocycles. The van der Waals surface area contributed by atoms with Crippen LogP contribution in [0.4, 0.5) is 0 Å². The fourth-order valence-corrected chi connectivity index (χ4v) is 13.7. The van der Waals surface area contributed by atoms with E-state index < -0.39 is 0 Å². The smallest absolute Gasteiger partial charge is 1.00 e. The number of hydrogen-bond donors (Lipinski definition) is 0. The number of halogens is 2. The molecule has 0 aliphatic heterocycles. The molecule has 328 valence electrons. The molecule has 0 aliphatic rings. The monoisotopic (exact) mass is 1010 g/mol. The van der Waals surface area contributed by atoms with Gasteiger partial charge < -0.3 is 24.8 Å². The molecule has 0 saturated heterocycles. The van der Waals surface area contributed by atoms with Crippen LogP contribution in [0.5, 0.6) is 0 Å². The second-order valence-corrected chi connectivity index (χ2v) is 22.6. The number of unbranched alkanes of at least 4 members (excludes halogenated alkanes) is 30. The maximum atomic E-state index is 2.32. The summed E-state index contributed by atoms with van der Waals surface area (Å²) >= 11 is 0. The summed E-state index contributed by atoms with van der Waals surface area (Å²) in [6.45, 7) is 13.9. The van der Waals surface area contributed by atoms with Crippen LogP contribution >= 0.6 is 15.8 Å². The SMILES string of the molecule is CCCCCCCC[PH+](CCCCCCCC)CCCCCCCC.CCCCCCCC[PH+](CCCCCCCC)CCCCCCCC.[Cl-].[Cl-].[Pt+2]. The van der Waals surface area contributed by atoms with Crippen molar-refractivity contribution in [3.8, 4) is 0 Å². The van der Waals surface area contributed by atoms with Crippen LogP contribution in [-0.2, 0) is 21.1 Å². The Bertz CT molecular complexity index is 444. The zero-order valence-corrected chi connectivity index (χ0v) is 43.6. The summed E-state index contributed by atoms with van der Waals surface area (Å²) in [7, 11) is -0.0444. The van der Waals surface area contributed by atoms with Crippen molar-refractivity contribution >= 4 is 15.8 Å². The van der Waals surface area contributed by atoms with Crippen LogP contribution in [0.15, 0.2) is 0 Å². The first-order valence-electron chi connectivity index (χ1n) is 24.4. The van der Waals surface area contributed by atoms with Gasteiger partial charge in [0.25, 0.3) is 0 Å². The Balaban J connectivity index is -0.000000274. The quantitative estimate of drug-likeness (QED) is 0.0422. The molecule has 0 unspecified atom stereocenters. The van der Waals surface area contributed by atoms with E-state index in [1.165, 1.54) is 193 Å². The van der Waals surface area contributed by atoms with Gasteiger partial charge in [-0.25, -0.2) is 0 Å². The van der Waals surface area contributed by atoms with Crippen molar-refractivity contribution in [1.82, 2.24) is 0 Å². The normalized spacial score (nSPS) is 10.9. The van der Waals surface area contributed by atoms with Crippen LogP contribution in [0.3, 0.4) is 0 Å². The van der Waals surface area contributed by atoms with Crippen LogP contribution in [0, 0.1) is 0 Å². The molecule has 5 heteroatoms. The fourth-order valence-electron chi connectivity index (χ4n) is 7.68. The summed E-state index contributed by atoms with van der Waals surface area (Å²) < 4.78 is 0. The van der Waals surface area contributed by atoms with Gasteiger partial charge in [0, 0.05) is 15.8 Å². The van der Waals surface area contributed by atoms with Gasteiger partial charge >= 0.3 is 21.1 Å². The van der Waals surface area contributed by atoms with E-state index in [4.69, 9.17) is 0 Å². The Morgan fingerprint density at radius 2 is 0.302 bits per heavy atom. The molecule has 0 atom stereocenters. The van der Waals surface area contributed by atoms with Gasteiger partial charge in [0.05, 0.1) is 37.0 Å². The summed E-state index contributed by atoms with van der Waals surface area (Å²) in [4.78, 5) is 0. The minimum absolute atomic E-state index is 0. The topological polar surface area (TPSA) is 0 Å². The predicted molar refractivity (Wildman–Crippen MR) is 246 cm³/mol. The second-order valence-electron chi connectivity index (χ2n) is 16.6. The van der Waals surface area contributed by atoms with Crippen LogP contribution in [0.2, 0.25) is 0 Å². The Morgan fingerprint density at radius 1 is 0.189 bits per heavy atom. The van der Waals surface area contributed by atoms with Gasteiger partial charge in [-0.3, -0.25) is 0 Å². The van der Waals surface area contributed by atoms with Gasteiger partial charge in [-0.05, 0) is 77.0 Å². The number of hydrogen-bond acceptors (Lipinski definition) is 0. The van der Waals surface area contributed by atoms with E-state index in [-0.39, 0.29) is 61.7 Å². The molecule has 0 amide bonds. The molecule has 0 aromatic heterocycles. The van der Waals surface area contributed by atoms with Gasteiger partial charge in [-0.1, -0.05) is 196 Å². The first-order chi connectivity index (χ1) is 24.7. The molecule has 0 aliphatic carbocycles. The van der Waals surface area contributed by atoms with E-state index in [1.807, 2.05) is 0 Å². The minimum Gasteiger partial charge on any atom is -1.00 e. The molecule has 0 heterocycles. The van der Waals surface area contributed by atoms with Crippen LogP contribution in [0.1, 0.15) is 273 Å². The molecule has 0 nitrogen and oxygen atoms in total. The van der Waals surface area contributed by atoms with E-state index in [1.54, 1.807) is 75.5 Å². The molecule has 0 saturated carbocycles. The summed E-state index contributed by atoms with van der Waals surface area (Å²) in [6, 6.07) is 0. The van der Waals surface area contributed by atoms with Crippen molar-refractivity contribution < 1.29 is 45.9 Å². The van der Waals surface area contributed by atoms with E-state index in [9.17, 15) is 0 Å². The maximum absolute atomic E-state index is 2.32. The molecule has 0 aromatic rings. The van der Waals surface area contributed by atoms with E-state index in [2.05, 4.69) is 41.5 Å². The van der Waals surface area contributed by atoms with Gasteiger partial charge in [0.2, 0.25) is 0 Å². The summed E-state index contributed by atoms with van der Waals surface area (Å²) in [5, 5.41) is 0. The van der Waals surface area contributed by atoms with Crippen molar-refractivity contribution in [3.63, 3.8) is 0 Å².